The summed E-state index contributed by atoms with van der Waals surface area (Å²) in [5.74, 6) is 0. The molecule has 0 spiro atoms. The molecule has 12 heavy (non-hydrogen) atoms. The molecule has 0 saturated carbocycles. The van der Waals surface area contributed by atoms with Crippen LogP contribution in [0.15, 0.2) is 11.9 Å². The van der Waals surface area contributed by atoms with Crippen molar-refractivity contribution in [1.29, 1.82) is 5.41 Å². The van der Waals surface area contributed by atoms with Gasteiger partial charge in [0, 0.05) is 13.7 Å². The van der Waals surface area contributed by atoms with Gasteiger partial charge < -0.3 is 15.5 Å². The van der Waals surface area contributed by atoms with Crippen molar-refractivity contribution in [3.63, 3.8) is 0 Å². The predicted molar refractivity (Wildman–Crippen MR) is 43.7 cm³/mol. The second kappa shape index (κ2) is 6.29. The lowest BCUT2D eigenvalue weighted by molar-refractivity contribution is -0.414. The van der Waals surface area contributed by atoms with E-state index in [1.165, 1.54) is 13.3 Å². The molecule has 2 N–H and O–H groups in total. The Hall–Kier alpha value is -1.43. The van der Waals surface area contributed by atoms with E-state index in [-0.39, 0.29) is 5.70 Å². The third-order valence-corrected chi connectivity index (χ3v) is 1.06. The number of nitrogens with zero attached hydrogens (tertiary/aromatic N) is 1. The van der Waals surface area contributed by atoms with Crippen LogP contribution in [0.4, 0.5) is 0 Å². The fourth-order valence-electron chi connectivity index (χ4n) is 0.485. The second-order valence-electron chi connectivity index (χ2n) is 1.92. The van der Waals surface area contributed by atoms with Gasteiger partial charge in [0.05, 0.1) is 23.9 Å². The van der Waals surface area contributed by atoms with Crippen LogP contribution in [0.25, 0.3) is 0 Å². The van der Waals surface area contributed by atoms with Gasteiger partial charge in [0.25, 0.3) is 0 Å². The van der Waals surface area contributed by atoms with Gasteiger partial charge in [-0.2, -0.15) is 0 Å². The maximum Gasteiger partial charge on any atom is 0.302 e. The van der Waals surface area contributed by atoms with Crippen LogP contribution in [0, 0.1) is 15.5 Å². The van der Waals surface area contributed by atoms with Crippen LogP contribution >= 0.6 is 0 Å². The highest BCUT2D eigenvalue weighted by Gasteiger charge is 2.03. The minimum atomic E-state index is -0.632. The van der Waals surface area contributed by atoms with Gasteiger partial charge >= 0.3 is 5.70 Å². The summed E-state index contributed by atoms with van der Waals surface area (Å²) >= 11 is 0. The van der Waals surface area contributed by atoms with Gasteiger partial charge in [-0.1, -0.05) is 0 Å². The molecular weight excluding hydrogens is 162 g/mol. The Kier molecular flexibility index (Phi) is 5.54. The molecule has 0 atom stereocenters. The first-order valence-electron chi connectivity index (χ1n) is 3.29. The summed E-state index contributed by atoms with van der Waals surface area (Å²) in [6.45, 7) is 0.959. The lowest BCUT2D eigenvalue weighted by atomic mass is 10.5. The van der Waals surface area contributed by atoms with Crippen LogP contribution in [-0.2, 0) is 4.74 Å². The van der Waals surface area contributed by atoms with Crippen LogP contribution in [0.5, 0.6) is 0 Å². The van der Waals surface area contributed by atoms with E-state index in [2.05, 4.69) is 5.32 Å². The quantitative estimate of drug-likeness (QED) is 0.256. The highest BCUT2D eigenvalue weighted by atomic mass is 16.6. The number of ether oxygens (including phenoxy) is 1. The average Bonchev–Trinajstić information content (AvgIpc) is 2.04. The summed E-state index contributed by atoms with van der Waals surface area (Å²) in [4.78, 5) is 9.48. The molecule has 0 aromatic rings. The fraction of sp³-hybridized carbons (Fsp3) is 0.500. The molecule has 0 unspecified atom stereocenters. The summed E-state index contributed by atoms with van der Waals surface area (Å²) in [5, 5.41) is 19.4. The predicted octanol–water partition coefficient (Wildman–Crippen LogP) is -0.00993. The Morgan fingerprint density at radius 2 is 2.50 bits per heavy atom. The smallest absolute Gasteiger partial charge is 0.302 e. The fourth-order valence-corrected chi connectivity index (χ4v) is 0.485. The van der Waals surface area contributed by atoms with Crippen molar-refractivity contribution in [3.8, 4) is 0 Å². The lowest BCUT2D eigenvalue weighted by Gasteiger charge is -1.97. The zero-order valence-corrected chi connectivity index (χ0v) is 6.74. The Bertz CT molecular complexity index is 190. The molecule has 0 aromatic heterocycles. The van der Waals surface area contributed by atoms with Crippen LogP contribution in [-0.4, -0.2) is 31.4 Å². The molecule has 68 valence electrons. The molecule has 0 bridgehead atoms. The molecule has 0 radical (unpaired) electrons. The zero-order chi connectivity index (χ0) is 9.40. The van der Waals surface area contributed by atoms with Crippen LogP contribution in [0.2, 0.25) is 0 Å². The van der Waals surface area contributed by atoms with Crippen molar-refractivity contribution in [1.82, 2.24) is 5.32 Å². The van der Waals surface area contributed by atoms with E-state index in [9.17, 15) is 10.1 Å². The van der Waals surface area contributed by atoms with Crippen molar-refractivity contribution in [2.75, 3.05) is 20.3 Å². The molecule has 6 heteroatoms. The number of hydrogen-bond donors (Lipinski definition) is 2. The van der Waals surface area contributed by atoms with E-state index < -0.39 is 4.92 Å². The molecule has 0 aliphatic carbocycles. The Labute approximate surface area is 69.9 Å². The van der Waals surface area contributed by atoms with Crippen LogP contribution < -0.4 is 5.32 Å². The first-order valence-corrected chi connectivity index (χ1v) is 3.29. The Morgan fingerprint density at radius 1 is 1.83 bits per heavy atom. The summed E-state index contributed by atoms with van der Waals surface area (Å²) in [6, 6.07) is 0. The van der Waals surface area contributed by atoms with Crippen molar-refractivity contribution in [2.24, 2.45) is 0 Å². The highest BCUT2D eigenvalue weighted by molar-refractivity contribution is 5.71. The average molecular weight is 173 g/mol. The van der Waals surface area contributed by atoms with Gasteiger partial charge in [0.2, 0.25) is 0 Å². The first kappa shape index (κ1) is 10.6. The topological polar surface area (TPSA) is 88.2 Å². The molecular formula is C6H11N3O3. The van der Waals surface area contributed by atoms with E-state index in [1.54, 1.807) is 0 Å². The molecule has 0 aliphatic heterocycles. The number of methoxy groups -OCH3 is 1. The number of hydrogen-bond acceptors (Lipinski definition) is 5. The number of rotatable bonds is 6. The minimum absolute atomic E-state index is 0.272. The van der Waals surface area contributed by atoms with Gasteiger partial charge in [-0.15, -0.1) is 0 Å². The maximum atomic E-state index is 10.1. The summed E-state index contributed by atoms with van der Waals surface area (Å²) in [6.07, 6.45) is 1.85. The first-order chi connectivity index (χ1) is 5.72. The lowest BCUT2D eigenvalue weighted by Crippen LogP contribution is -2.15. The molecule has 0 saturated heterocycles. The van der Waals surface area contributed by atoms with Crippen molar-refractivity contribution in [3.05, 3.63) is 22.0 Å². The highest BCUT2D eigenvalue weighted by Crippen LogP contribution is 1.86. The van der Waals surface area contributed by atoms with Crippen molar-refractivity contribution < 1.29 is 9.66 Å². The third kappa shape index (κ3) is 4.40. The van der Waals surface area contributed by atoms with E-state index in [4.69, 9.17) is 10.1 Å². The summed E-state index contributed by atoms with van der Waals surface area (Å²) < 4.78 is 4.70. The number of nitrogens with one attached hydrogen (secondary N) is 2. The Morgan fingerprint density at radius 3 is 2.92 bits per heavy atom. The standard InChI is InChI=1S/C6H11N3O3/c1-12-3-2-8-5-6(4-7)9(10)11/h4-5,7-8H,2-3H2,1H3/b6-5+,7-4?. The molecule has 6 nitrogen and oxygen atoms in total. The molecule has 0 fully saturated rings. The van der Waals surface area contributed by atoms with Gasteiger partial charge in [-0.05, 0) is 0 Å². The summed E-state index contributed by atoms with van der Waals surface area (Å²) in [7, 11) is 1.54. The third-order valence-electron chi connectivity index (χ3n) is 1.06. The van der Waals surface area contributed by atoms with E-state index in [0.717, 1.165) is 0 Å². The van der Waals surface area contributed by atoms with Gasteiger partial charge in [0.15, 0.2) is 0 Å². The normalized spacial score (nSPS) is 10.9. The monoisotopic (exact) mass is 173 g/mol. The van der Waals surface area contributed by atoms with E-state index in [1.807, 2.05) is 0 Å². The molecule has 0 aromatic carbocycles. The van der Waals surface area contributed by atoms with Crippen LogP contribution in [0.3, 0.4) is 0 Å². The van der Waals surface area contributed by atoms with E-state index in [0.29, 0.717) is 19.4 Å². The van der Waals surface area contributed by atoms with Gasteiger partial charge in [-0.3, -0.25) is 10.1 Å². The van der Waals surface area contributed by atoms with Crippen LogP contribution in [0.1, 0.15) is 0 Å². The maximum absolute atomic E-state index is 10.1. The molecule has 0 aliphatic rings. The van der Waals surface area contributed by atoms with Crippen molar-refractivity contribution >= 4 is 6.21 Å². The zero-order valence-electron chi connectivity index (χ0n) is 6.74. The van der Waals surface area contributed by atoms with E-state index >= 15 is 0 Å². The van der Waals surface area contributed by atoms with Gasteiger partial charge in [-0.25, -0.2) is 0 Å². The van der Waals surface area contributed by atoms with Crippen molar-refractivity contribution in [2.45, 2.75) is 0 Å². The number of allylic oxidation sites excluding steroid dienone is 1. The molecule has 0 rings (SSSR count). The second-order valence-corrected chi connectivity index (χ2v) is 1.92. The largest absolute Gasteiger partial charge is 0.383 e. The number of nitro groups is 1. The molecule has 0 amide bonds. The SMILES string of the molecule is COCCN/C=C(\C=N)[N+](=O)[O-]. The Balaban J connectivity index is 3.79. The van der Waals surface area contributed by atoms with Gasteiger partial charge in [0.1, 0.15) is 0 Å². The molecule has 0 heterocycles. The summed E-state index contributed by atoms with van der Waals surface area (Å²) in [5.41, 5.74) is -0.272. The minimum Gasteiger partial charge on any atom is -0.383 e.